The molecule has 0 radical (unpaired) electrons. The summed E-state index contributed by atoms with van der Waals surface area (Å²) in [4.78, 5) is 8.03. The molecule has 0 aliphatic carbocycles. The zero-order valence-corrected chi connectivity index (χ0v) is 9.43. The van der Waals surface area contributed by atoms with Gasteiger partial charge in [-0.1, -0.05) is 25.9 Å². The Balaban J connectivity index is 2.44. The number of aromatic hydroxyl groups is 1. The largest absolute Gasteiger partial charge is 0.505 e. The fourth-order valence-electron chi connectivity index (χ4n) is 1.20. The van der Waals surface area contributed by atoms with Crippen molar-refractivity contribution < 1.29 is 9.63 Å². The molecule has 0 unspecified atom stereocenters. The van der Waals surface area contributed by atoms with E-state index >= 15 is 0 Å². The van der Waals surface area contributed by atoms with Gasteiger partial charge < -0.3 is 9.63 Å². The van der Waals surface area contributed by atoms with Gasteiger partial charge in [-0.3, -0.25) is 4.98 Å². The standard InChI is InChI=1S/C11H13N3O2/c1-11(2,3)10-13-9(16-14-10)7-4-5-12-6-8(7)15/h4-6,15H,1-3H3. The maximum atomic E-state index is 9.59. The highest BCUT2D eigenvalue weighted by atomic mass is 16.5. The molecule has 0 spiro atoms. The molecule has 0 saturated heterocycles. The van der Waals surface area contributed by atoms with Crippen LogP contribution in [0.3, 0.4) is 0 Å². The van der Waals surface area contributed by atoms with Gasteiger partial charge in [0.05, 0.1) is 11.8 Å². The minimum absolute atomic E-state index is 0.0339. The molecular formula is C11H13N3O2. The zero-order chi connectivity index (χ0) is 11.8. The van der Waals surface area contributed by atoms with Crippen LogP contribution in [-0.2, 0) is 5.41 Å². The second-order valence-electron chi connectivity index (χ2n) is 4.57. The van der Waals surface area contributed by atoms with Crippen LogP contribution in [0.25, 0.3) is 11.5 Å². The van der Waals surface area contributed by atoms with Gasteiger partial charge in [-0.05, 0) is 6.07 Å². The van der Waals surface area contributed by atoms with Crippen molar-refractivity contribution in [1.29, 1.82) is 0 Å². The molecule has 2 heterocycles. The fraction of sp³-hybridized carbons (Fsp3) is 0.364. The number of pyridine rings is 1. The monoisotopic (exact) mass is 219 g/mol. The third-order valence-corrected chi connectivity index (χ3v) is 2.13. The van der Waals surface area contributed by atoms with Crippen molar-refractivity contribution in [2.45, 2.75) is 26.2 Å². The van der Waals surface area contributed by atoms with Crippen LogP contribution in [-0.4, -0.2) is 20.2 Å². The summed E-state index contributed by atoms with van der Waals surface area (Å²) in [5.41, 5.74) is 0.322. The summed E-state index contributed by atoms with van der Waals surface area (Å²) >= 11 is 0. The Bertz CT molecular complexity index is 500. The van der Waals surface area contributed by atoms with Gasteiger partial charge in [0.15, 0.2) is 5.82 Å². The number of aromatic nitrogens is 3. The quantitative estimate of drug-likeness (QED) is 0.795. The lowest BCUT2D eigenvalue weighted by atomic mass is 9.96. The first-order valence-corrected chi connectivity index (χ1v) is 4.96. The van der Waals surface area contributed by atoms with Gasteiger partial charge in [0.2, 0.25) is 0 Å². The van der Waals surface area contributed by atoms with E-state index in [2.05, 4.69) is 15.1 Å². The molecule has 16 heavy (non-hydrogen) atoms. The van der Waals surface area contributed by atoms with Gasteiger partial charge in [0.1, 0.15) is 5.75 Å². The van der Waals surface area contributed by atoms with Gasteiger partial charge in [-0.25, -0.2) is 0 Å². The van der Waals surface area contributed by atoms with Gasteiger partial charge in [0, 0.05) is 11.6 Å². The Morgan fingerprint density at radius 2 is 2.06 bits per heavy atom. The highest BCUT2D eigenvalue weighted by Gasteiger charge is 2.22. The van der Waals surface area contributed by atoms with Crippen LogP contribution in [0.4, 0.5) is 0 Å². The van der Waals surface area contributed by atoms with E-state index in [4.69, 9.17) is 4.52 Å². The van der Waals surface area contributed by atoms with E-state index < -0.39 is 0 Å². The molecule has 0 aliphatic rings. The molecule has 5 heteroatoms. The fourth-order valence-corrected chi connectivity index (χ4v) is 1.20. The van der Waals surface area contributed by atoms with Crippen molar-refractivity contribution in [3.63, 3.8) is 0 Å². The lowest BCUT2D eigenvalue weighted by molar-refractivity contribution is 0.399. The van der Waals surface area contributed by atoms with Crippen LogP contribution in [0.15, 0.2) is 23.0 Å². The van der Waals surface area contributed by atoms with Crippen molar-refractivity contribution in [1.82, 2.24) is 15.1 Å². The van der Waals surface area contributed by atoms with Crippen LogP contribution in [0.1, 0.15) is 26.6 Å². The molecule has 2 aromatic rings. The highest BCUT2D eigenvalue weighted by Crippen LogP contribution is 2.28. The molecule has 0 aromatic carbocycles. The van der Waals surface area contributed by atoms with Gasteiger partial charge >= 0.3 is 0 Å². The first kappa shape index (κ1) is 10.6. The number of hydrogen-bond acceptors (Lipinski definition) is 5. The predicted molar refractivity (Wildman–Crippen MR) is 57.9 cm³/mol. The molecule has 2 aromatic heterocycles. The predicted octanol–water partition coefficient (Wildman–Crippen LogP) is 2.13. The minimum atomic E-state index is -0.176. The summed E-state index contributed by atoms with van der Waals surface area (Å²) in [5, 5.41) is 13.5. The normalized spacial score (nSPS) is 11.7. The molecule has 1 N–H and O–H groups in total. The molecule has 0 aliphatic heterocycles. The minimum Gasteiger partial charge on any atom is -0.505 e. The molecular weight excluding hydrogens is 206 g/mol. The number of hydrogen-bond donors (Lipinski definition) is 1. The summed E-state index contributed by atoms with van der Waals surface area (Å²) in [7, 11) is 0. The average Bonchev–Trinajstić information content (AvgIpc) is 2.66. The molecule has 0 amide bonds. The topological polar surface area (TPSA) is 72.0 Å². The van der Waals surface area contributed by atoms with Crippen molar-refractivity contribution >= 4 is 0 Å². The van der Waals surface area contributed by atoms with E-state index in [0.717, 1.165) is 0 Å². The maximum Gasteiger partial charge on any atom is 0.261 e. The summed E-state index contributed by atoms with van der Waals surface area (Å²) < 4.78 is 5.11. The Labute approximate surface area is 93.1 Å². The maximum absolute atomic E-state index is 9.59. The zero-order valence-electron chi connectivity index (χ0n) is 9.43. The van der Waals surface area contributed by atoms with E-state index in [1.807, 2.05) is 20.8 Å². The van der Waals surface area contributed by atoms with Crippen molar-refractivity contribution in [2.75, 3.05) is 0 Å². The molecule has 0 saturated carbocycles. The Morgan fingerprint density at radius 3 is 2.62 bits per heavy atom. The molecule has 2 rings (SSSR count). The second kappa shape index (κ2) is 3.59. The molecule has 0 fully saturated rings. The average molecular weight is 219 g/mol. The lowest BCUT2D eigenvalue weighted by Gasteiger charge is -2.10. The van der Waals surface area contributed by atoms with Crippen molar-refractivity contribution in [2.24, 2.45) is 0 Å². The van der Waals surface area contributed by atoms with E-state index in [0.29, 0.717) is 17.3 Å². The first-order valence-electron chi connectivity index (χ1n) is 4.96. The van der Waals surface area contributed by atoms with Crippen LogP contribution >= 0.6 is 0 Å². The van der Waals surface area contributed by atoms with Crippen LogP contribution in [0, 0.1) is 0 Å². The number of nitrogens with zero attached hydrogens (tertiary/aromatic N) is 3. The Kier molecular flexibility index (Phi) is 2.38. The van der Waals surface area contributed by atoms with Crippen LogP contribution < -0.4 is 0 Å². The molecule has 84 valence electrons. The summed E-state index contributed by atoms with van der Waals surface area (Å²) in [5.74, 6) is 0.954. The second-order valence-corrected chi connectivity index (χ2v) is 4.57. The third kappa shape index (κ3) is 1.88. The van der Waals surface area contributed by atoms with Crippen LogP contribution in [0.2, 0.25) is 0 Å². The summed E-state index contributed by atoms with van der Waals surface area (Å²) in [6.45, 7) is 5.98. The van der Waals surface area contributed by atoms with Gasteiger partial charge in [-0.15, -0.1) is 0 Å². The van der Waals surface area contributed by atoms with Crippen molar-refractivity contribution in [3.05, 3.63) is 24.3 Å². The van der Waals surface area contributed by atoms with E-state index in [9.17, 15) is 5.11 Å². The molecule has 0 atom stereocenters. The van der Waals surface area contributed by atoms with Gasteiger partial charge in [-0.2, -0.15) is 4.98 Å². The first-order chi connectivity index (χ1) is 7.48. The van der Waals surface area contributed by atoms with E-state index in [-0.39, 0.29) is 11.2 Å². The SMILES string of the molecule is CC(C)(C)c1noc(-c2ccncc2O)n1. The highest BCUT2D eigenvalue weighted by molar-refractivity contribution is 5.60. The summed E-state index contributed by atoms with van der Waals surface area (Å²) in [6, 6.07) is 1.63. The van der Waals surface area contributed by atoms with Crippen molar-refractivity contribution in [3.8, 4) is 17.2 Å². The lowest BCUT2D eigenvalue weighted by Crippen LogP contribution is -2.13. The van der Waals surface area contributed by atoms with E-state index in [1.54, 1.807) is 12.3 Å². The summed E-state index contributed by atoms with van der Waals surface area (Å²) in [6.07, 6.45) is 2.91. The molecule has 0 bridgehead atoms. The third-order valence-electron chi connectivity index (χ3n) is 2.13. The Hall–Kier alpha value is -1.91. The van der Waals surface area contributed by atoms with Crippen LogP contribution in [0.5, 0.6) is 5.75 Å². The Morgan fingerprint density at radius 1 is 1.31 bits per heavy atom. The molecule has 5 nitrogen and oxygen atoms in total. The van der Waals surface area contributed by atoms with E-state index in [1.165, 1.54) is 6.20 Å². The smallest absolute Gasteiger partial charge is 0.261 e. The number of rotatable bonds is 1. The van der Waals surface area contributed by atoms with Gasteiger partial charge in [0.25, 0.3) is 5.89 Å².